The van der Waals surface area contributed by atoms with E-state index in [1.807, 2.05) is 12.1 Å². The van der Waals surface area contributed by atoms with Crippen LogP contribution in [0.3, 0.4) is 0 Å². The van der Waals surface area contributed by atoms with Crippen molar-refractivity contribution in [1.29, 1.82) is 0 Å². The van der Waals surface area contributed by atoms with Gasteiger partial charge in [0.15, 0.2) is 5.13 Å². The van der Waals surface area contributed by atoms with Crippen LogP contribution in [0.15, 0.2) is 34.4 Å². The zero-order valence-corrected chi connectivity index (χ0v) is 18.8. The molecule has 2 fully saturated rings. The molecule has 3 heterocycles. The van der Waals surface area contributed by atoms with Crippen LogP contribution >= 0.6 is 11.3 Å². The highest BCUT2D eigenvalue weighted by Gasteiger charge is 2.28. The van der Waals surface area contributed by atoms with Crippen LogP contribution in [0.1, 0.15) is 41.6 Å². The van der Waals surface area contributed by atoms with Crippen molar-refractivity contribution in [1.82, 2.24) is 25.4 Å². The quantitative estimate of drug-likeness (QED) is 0.525. The van der Waals surface area contributed by atoms with Gasteiger partial charge in [0.1, 0.15) is 11.5 Å². The summed E-state index contributed by atoms with van der Waals surface area (Å²) in [6.07, 6.45) is 2.27. The highest BCUT2D eigenvalue weighted by Crippen LogP contribution is 2.34. The highest BCUT2D eigenvalue weighted by atomic mass is 32.1. The lowest BCUT2D eigenvalue weighted by Gasteiger charge is -2.25. The lowest BCUT2D eigenvalue weighted by Crippen LogP contribution is -2.42. The summed E-state index contributed by atoms with van der Waals surface area (Å²) in [5.41, 5.74) is 5.66. The summed E-state index contributed by atoms with van der Waals surface area (Å²) < 4.78 is 7.05. The Morgan fingerprint density at radius 3 is 2.70 bits per heavy atom. The number of para-hydroxylation sites is 1. The fourth-order valence-corrected chi connectivity index (χ4v) is 4.68. The van der Waals surface area contributed by atoms with Gasteiger partial charge in [-0.1, -0.05) is 12.1 Å². The average molecular weight is 469 g/mol. The molecule has 33 heavy (non-hydrogen) atoms. The molecule has 10 nitrogen and oxygen atoms in total. The van der Waals surface area contributed by atoms with Gasteiger partial charge in [-0.05, 0) is 25.0 Å². The summed E-state index contributed by atoms with van der Waals surface area (Å²) in [5.74, 6) is -0.244. The molecule has 1 saturated heterocycles. The third-order valence-corrected chi connectivity index (χ3v) is 6.59. The molecule has 3 aromatic rings. The van der Waals surface area contributed by atoms with Crippen molar-refractivity contribution < 1.29 is 14.3 Å². The Labute approximate surface area is 193 Å². The molecule has 1 saturated carbocycles. The second-order valence-electron chi connectivity index (χ2n) is 8.07. The van der Waals surface area contributed by atoms with Crippen LogP contribution < -0.4 is 21.3 Å². The van der Waals surface area contributed by atoms with Crippen molar-refractivity contribution in [2.75, 3.05) is 31.2 Å². The standard InChI is InChI=1S/C22H24N6O4S/c29-19(25-26-20(30)17-13-33-22(24-17)27-9-11-32-12-10-27)8-7-18-23-16-4-2-1-3-15(16)21(31)28(18)14-5-6-14/h1-4,13-14H,5-12H2,(H,25,29)(H,26,30). The second kappa shape index (κ2) is 9.28. The third-order valence-electron chi connectivity index (χ3n) is 5.69. The van der Waals surface area contributed by atoms with E-state index >= 15 is 0 Å². The van der Waals surface area contributed by atoms with Crippen LogP contribution in [-0.4, -0.2) is 52.7 Å². The summed E-state index contributed by atoms with van der Waals surface area (Å²) in [5, 5.41) is 3.01. The Kier molecular flexibility index (Phi) is 6.05. The summed E-state index contributed by atoms with van der Waals surface area (Å²) >= 11 is 1.38. The topological polar surface area (TPSA) is 118 Å². The van der Waals surface area contributed by atoms with Gasteiger partial charge in [-0.3, -0.25) is 29.8 Å². The minimum atomic E-state index is -0.474. The summed E-state index contributed by atoms with van der Waals surface area (Å²) in [6.45, 7) is 2.75. The first-order valence-electron chi connectivity index (χ1n) is 11.0. The van der Waals surface area contributed by atoms with Gasteiger partial charge in [-0.15, -0.1) is 11.3 Å². The molecule has 2 aliphatic rings. The van der Waals surface area contributed by atoms with E-state index in [-0.39, 0.29) is 29.6 Å². The fourth-order valence-electron chi connectivity index (χ4n) is 3.82. The molecule has 2 aromatic heterocycles. The van der Waals surface area contributed by atoms with Crippen molar-refractivity contribution in [3.05, 3.63) is 51.5 Å². The van der Waals surface area contributed by atoms with Gasteiger partial charge in [-0.25, -0.2) is 9.97 Å². The summed E-state index contributed by atoms with van der Waals surface area (Å²) in [7, 11) is 0. The van der Waals surface area contributed by atoms with Gasteiger partial charge in [0.05, 0.1) is 24.1 Å². The minimum absolute atomic E-state index is 0.0635. The van der Waals surface area contributed by atoms with Crippen molar-refractivity contribution in [2.45, 2.75) is 31.7 Å². The number of amides is 2. The SMILES string of the molecule is O=C(CCc1nc2ccccc2c(=O)n1C1CC1)NNC(=O)c1csc(N2CCOCC2)n1. The Hall–Kier alpha value is -3.31. The molecule has 0 radical (unpaired) electrons. The maximum atomic E-state index is 12.9. The monoisotopic (exact) mass is 468 g/mol. The van der Waals surface area contributed by atoms with Crippen LogP contribution in [0.4, 0.5) is 5.13 Å². The van der Waals surface area contributed by atoms with Crippen LogP contribution in [0.2, 0.25) is 0 Å². The normalized spacial score (nSPS) is 16.1. The molecule has 0 spiro atoms. The Morgan fingerprint density at radius 1 is 1.12 bits per heavy atom. The summed E-state index contributed by atoms with van der Waals surface area (Å²) in [6, 6.07) is 7.39. The van der Waals surface area contributed by atoms with Crippen LogP contribution in [0, 0.1) is 0 Å². The molecule has 5 rings (SSSR count). The fraction of sp³-hybridized carbons (Fsp3) is 0.409. The number of nitrogens with zero attached hydrogens (tertiary/aromatic N) is 4. The predicted molar refractivity (Wildman–Crippen MR) is 123 cm³/mol. The van der Waals surface area contributed by atoms with Crippen molar-refractivity contribution in [2.24, 2.45) is 0 Å². The number of fused-ring (bicyclic) bond motifs is 1. The number of morpholine rings is 1. The van der Waals surface area contributed by atoms with E-state index in [9.17, 15) is 14.4 Å². The number of hydrazine groups is 1. The number of aromatic nitrogens is 3. The first-order valence-corrected chi connectivity index (χ1v) is 11.9. The number of rotatable bonds is 6. The van der Waals surface area contributed by atoms with Crippen molar-refractivity contribution in [3.63, 3.8) is 0 Å². The molecule has 0 atom stereocenters. The van der Waals surface area contributed by atoms with E-state index in [2.05, 4.69) is 25.7 Å². The lowest BCUT2D eigenvalue weighted by molar-refractivity contribution is -0.121. The number of hydrogen-bond donors (Lipinski definition) is 2. The smallest absolute Gasteiger partial charge is 0.289 e. The van der Waals surface area contributed by atoms with E-state index in [0.29, 0.717) is 36.4 Å². The van der Waals surface area contributed by atoms with Crippen LogP contribution in [0.25, 0.3) is 10.9 Å². The van der Waals surface area contributed by atoms with Gasteiger partial charge < -0.3 is 9.64 Å². The minimum Gasteiger partial charge on any atom is -0.378 e. The zero-order chi connectivity index (χ0) is 22.8. The average Bonchev–Trinajstić information content (AvgIpc) is 3.55. The molecule has 0 unspecified atom stereocenters. The summed E-state index contributed by atoms with van der Waals surface area (Å²) in [4.78, 5) is 48.7. The van der Waals surface area contributed by atoms with E-state index < -0.39 is 5.91 Å². The predicted octanol–water partition coefficient (Wildman–Crippen LogP) is 1.42. The number of thiazole rings is 1. The van der Waals surface area contributed by atoms with Crippen LogP contribution in [0.5, 0.6) is 0 Å². The molecule has 2 amide bonds. The van der Waals surface area contributed by atoms with Gasteiger partial charge in [0, 0.05) is 37.4 Å². The van der Waals surface area contributed by atoms with E-state index in [4.69, 9.17) is 4.74 Å². The number of aryl methyl sites for hydroxylation is 1. The second-order valence-corrected chi connectivity index (χ2v) is 8.91. The molecule has 0 bridgehead atoms. The van der Waals surface area contributed by atoms with Crippen molar-refractivity contribution >= 4 is 39.2 Å². The highest BCUT2D eigenvalue weighted by molar-refractivity contribution is 7.13. The molecule has 1 aliphatic carbocycles. The van der Waals surface area contributed by atoms with Crippen LogP contribution in [-0.2, 0) is 16.0 Å². The first-order chi connectivity index (χ1) is 16.1. The number of carbonyl (C=O) groups excluding carboxylic acids is 2. The number of ether oxygens (including phenoxy) is 1. The first kappa shape index (κ1) is 21.5. The number of nitrogens with one attached hydrogen (secondary N) is 2. The van der Waals surface area contributed by atoms with Crippen molar-refractivity contribution in [3.8, 4) is 0 Å². The Balaban J connectivity index is 1.19. The molecular weight excluding hydrogens is 444 g/mol. The zero-order valence-electron chi connectivity index (χ0n) is 18.0. The molecule has 11 heteroatoms. The maximum absolute atomic E-state index is 12.9. The Morgan fingerprint density at radius 2 is 1.91 bits per heavy atom. The maximum Gasteiger partial charge on any atom is 0.289 e. The third kappa shape index (κ3) is 4.74. The molecule has 2 N–H and O–H groups in total. The number of carbonyl (C=O) groups is 2. The molecule has 1 aromatic carbocycles. The largest absolute Gasteiger partial charge is 0.378 e. The molecule has 1 aliphatic heterocycles. The lowest BCUT2D eigenvalue weighted by atomic mass is 10.2. The number of hydrogen-bond acceptors (Lipinski definition) is 8. The van der Waals surface area contributed by atoms with Gasteiger partial charge in [0.25, 0.3) is 11.5 Å². The number of anilines is 1. The van der Waals surface area contributed by atoms with E-state index in [1.54, 1.807) is 22.1 Å². The van der Waals surface area contributed by atoms with E-state index in [1.165, 1.54) is 11.3 Å². The molecular formula is C22H24N6O4S. The Bertz CT molecular complexity index is 1250. The van der Waals surface area contributed by atoms with Gasteiger partial charge in [-0.2, -0.15) is 0 Å². The molecule has 172 valence electrons. The van der Waals surface area contributed by atoms with Gasteiger partial charge in [0.2, 0.25) is 5.91 Å². The van der Waals surface area contributed by atoms with E-state index in [0.717, 1.165) is 31.1 Å². The number of benzene rings is 1. The van der Waals surface area contributed by atoms with Gasteiger partial charge >= 0.3 is 0 Å².